The van der Waals surface area contributed by atoms with Crippen molar-refractivity contribution in [3.8, 4) is 0 Å². The molecule has 0 aliphatic carbocycles. The van der Waals surface area contributed by atoms with E-state index in [-0.39, 0.29) is 4.83 Å². The molecular formula is C7H11BrF3N. The van der Waals surface area contributed by atoms with Crippen molar-refractivity contribution in [3.05, 3.63) is 0 Å². The molecule has 1 aliphatic rings. The zero-order valence-corrected chi connectivity index (χ0v) is 8.16. The SMILES string of the molecule is FC(F)(F)CN1CCCC(Br)C1. The molecule has 0 aromatic carbocycles. The normalized spacial score (nSPS) is 27.5. The molecule has 1 saturated heterocycles. The Morgan fingerprint density at radius 2 is 2.08 bits per heavy atom. The summed E-state index contributed by atoms with van der Waals surface area (Å²) < 4.78 is 35.7. The van der Waals surface area contributed by atoms with Crippen molar-refractivity contribution < 1.29 is 13.2 Å². The Bertz CT molecular complexity index is 148. The van der Waals surface area contributed by atoms with E-state index in [9.17, 15) is 13.2 Å². The van der Waals surface area contributed by atoms with Gasteiger partial charge in [-0.15, -0.1) is 0 Å². The van der Waals surface area contributed by atoms with Crippen molar-refractivity contribution in [2.45, 2.75) is 23.8 Å². The zero-order valence-electron chi connectivity index (χ0n) is 6.57. The fourth-order valence-electron chi connectivity index (χ4n) is 1.40. The van der Waals surface area contributed by atoms with Crippen LogP contribution in [0.2, 0.25) is 0 Å². The van der Waals surface area contributed by atoms with Crippen molar-refractivity contribution in [2.24, 2.45) is 0 Å². The van der Waals surface area contributed by atoms with Gasteiger partial charge in [0.15, 0.2) is 0 Å². The number of rotatable bonds is 1. The molecule has 0 aromatic heterocycles. The molecule has 5 heteroatoms. The highest BCUT2D eigenvalue weighted by atomic mass is 79.9. The van der Waals surface area contributed by atoms with Crippen LogP contribution in [-0.2, 0) is 0 Å². The van der Waals surface area contributed by atoms with E-state index in [2.05, 4.69) is 15.9 Å². The average molecular weight is 246 g/mol. The summed E-state index contributed by atoms with van der Waals surface area (Å²) in [6, 6.07) is 0. The van der Waals surface area contributed by atoms with Crippen LogP contribution in [-0.4, -0.2) is 35.5 Å². The van der Waals surface area contributed by atoms with Gasteiger partial charge in [0.25, 0.3) is 0 Å². The van der Waals surface area contributed by atoms with Crippen LogP contribution in [0.3, 0.4) is 0 Å². The van der Waals surface area contributed by atoms with Crippen molar-refractivity contribution in [1.29, 1.82) is 0 Å². The molecule has 1 atom stereocenters. The zero-order chi connectivity index (χ0) is 9.19. The molecular weight excluding hydrogens is 235 g/mol. The van der Waals surface area contributed by atoms with Gasteiger partial charge in [0.2, 0.25) is 0 Å². The van der Waals surface area contributed by atoms with Gasteiger partial charge >= 0.3 is 6.18 Å². The van der Waals surface area contributed by atoms with Gasteiger partial charge in [-0.1, -0.05) is 15.9 Å². The highest BCUT2D eigenvalue weighted by Crippen LogP contribution is 2.22. The minimum Gasteiger partial charge on any atom is -0.294 e. The molecule has 1 heterocycles. The summed E-state index contributed by atoms with van der Waals surface area (Å²) in [5.41, 5.74) is 0. The van der Waals surface area contributed by atoms with Crippen molar-refractivity contribution >= 4 is 15.9 Å². The number of hydrogen-bond donors (Lipinski definition) is 0. The Labute approximate surface area is 78.0 Å². The summed E-state index contributed by atoms with van der Waals surface area (Å²) in [6.45, 7) is 0.316. The van der Waals surface area contributed by atoms with E-state index in [1.165, 1.54) is 4.90 Å². The molecule has 0 N–H and O–H groups in total. The van der Waals surface area contributed by atoms with Gasteiger partial charge < -0.3 is 0 Å². The highest BCUT2D eigenvalue weighted by Gasteiger charge is 2.32. The van der Waals surface area contributed by atoms with Crippen LogP contribution < -0.4 is 0 Å². The van der Waals surface area contributed by atoms with Crippen LogP contribution >= 0.6 is 15.9 Å². The molecule has 1 nitrogen and oxygen atoms in total. The largest absolute Gasteiger partial charge is 0.401 e. The van der Waals surface area contributed by atoms with E-state index >= 15 is 0 Å². The predicted molar refractivity (Wildman–Crippen MR) is 44.4 cm³/mol. The number of halogens is 4. The molecule has 12 heavy (non-hydrogen) atoms. The van der Waals surface area contributed by atoms with Gasteiger partial charge in [-0.05, 0) is 19.4 Å². The van der Waals surface area contributed by atoms with Crippen LogP contribution in [0.4, 0.5) is 13.2 Å². The first-order chi connectivity index (χ1) is 5.47. The standard InChI is InChI=1S/C7H11BrF3N/c8-6-2-1-3-12(4-6)5-7(9,10)11/h6H,1-5H2. The fraction of sp³-hybridized carbons (Fsp3) is 1.00. The van der Waals surface area contributed by atoms with Crippen LogP contribution in [0.5, 0.6) is 0 Å². The van der Waals surface area contributed by atoms with Gasteiger partial charge in [0.05, 0.1) is 6.54 Å². The minimum atomic E-state index is -4.05. The molecule has 0 aromatic rings. The maximum Gasteiger partial charge on any atom is 0.401 e. The molecule has 1 unspecified atom stereocenters. The number of alkyl halides is 4. The van der Waals surface area contributed by atoms with Gasteiger partial charge in [-0.3, -0.25) is 4.90 Å². The first-order valence-electron chi connectivity index (χ1n) is 3.90. The van der Waals surface area contributed by atoms with E-state index in [1.807, 2.05) is 0 Å². The van der Waals surface area contributed by atoms with E-state index < -0.39 is 12.7 Å². The third kappa shape index (κ3) is 3.76. The second-order valence-electron chi connectivity index (χ2n) is 3.09. The lowest BCUT2D eigenvalue weighted by Gasteiger charge is -2.30. The summed E-state index contributed by atoms with van der Waals surface area (Å²) in [7, 11) is 0. The van der Waals surface area contributed by atoms with Crippen LogP contribution in [0.25, 0.3) is 0 Å². The lowest BCUT2D eigenvalue weighted by molar-refractivity contribution is -0.147. The highest BCUT2D eigenvalue weighted by molar-refractivity contribution is 9.09. The molecule has 1 fully saturated rings. The third-order valence-corrected chi connectivity index (χ3v) is 2.60. The van der Waals surface area contributed by atoms with E-state index in [0.29, 0.717) is 13.1 Å². The summed E-state index contributed by atoms with van der Waals surface area (Å²) in [4.78, 5) is 1.68. The van der Waals surface area contributed by atoms with Crippen LogP contribution in [0, 0.1) is 0 Å². The molecule has 1 aliphatic heterocycles. The average Bonchev–Trinajstić information content (AvgIpc) is 1.82. The Morgan fingerprint density at radius 3 is 2.58 bits per heavy atom. The topological polar surface area (TPSA) is 3.24 Å². The smallest absolute Gasteiger partial charge is 0.294 e. The minimum absolute atomic E-state index is 0.230. The number of nitrogens with zero attached hydrogens (tertiary/aromatic N) is 1. The summed E-state index contributed by atoms with van der Waals surface area (Å²) in [6.07, 6.45) is -2.22. The quantitative estimate of drug-likeness (QED) is 0.642. The molecule has 0 saturated carbocycles. The Hall–Kier alpha value is 0.230. The van der Waals surface area contributed by atoms with Gasteiger partial charge in [0.1, 0.15) is 0 Å². The molecule has 72 valence electrons. The second-order valence-corrected chi connectivity index (χ2v) is 4.38. The number of hydrogen-bond acceptors (Lipinski definition) is 1. The van der Waals surface area contributed by atoms with Crippen molar-refractivity contribution in [1.82, 2.24) is 4.90 Å². The lowest BCUT2D eigenvalue weighted by Crippen LogP contribution is -2.41. The monoisotopic (exact) mass is 245 g/mol. The van der Waals surface area contributed by atoms with Gasteiger partial charge in [-0.2, -0.15) is 13.2 Å². The Morgan fingerprint density at radius 1 is 1.42 bits per heavy atom. The summed E-state index contributed by atoms with van der Waals surface area (Å²) in [5.74, 6) is 0. The van der Waals surface area contributed by atoms with Gasteiger partial charge in [0, 0.05) is 11.4 Å². The first kappa shape index (κ1) is 10.3. The fourth-order valence-corrected chi connectivity index (χ4v) is 2.13. The molecule has 0 amide bonds. The van der Waals surface area contributed by atoms with E-state index in [0.717, 1.165) is 12.8 Å². The summed E-state index contributed by atoms with van der Waals surface area (Å²) >= 11 is 3.33. The Balaban J connectivity index is 2.32. The third-order valence-electron chi connectivity index (χ3n) is 1.85. The molecule has 0 bridgehead atoms. The Kier molecular flexibility index (Phi) is 3.40. The molecule has 0 radical (unpaired) electrons. The van der Waals surface area contributed by atoms with E-state index in [1.54, 1.807) is 0 Å². The number of piperidine rings is 1. The summed E-state index contributed by atoms with van der Waals surface area (Å²) in [5, 5.41) is 0. The van der Waals surface area contributed by atoms with Gasteiger partial charge in [-0.25, -0.2) is 0 Å². The van der Waals surface area contributed by atoms with E-state index in [4.69, 9.17) is 0 Å². The van der Waals surface area contributed by atoms with Crippen LogP contribution in [0.15, 0.2) is 0 Å². The first-order valence-corrected chi connectivity index (χ1v) is 4.82. The number of likely N-dealkylation sites (tertiary alicyclic amines) is 1. The molecule has 1 rings (SSSR count). The van der Waals surface area contributed by atoms with Crippen LogP contribution in [0.1, 0.15) is 12.8 Å². The van der Waals surface area contributed by atoms with Crippen molar-refractivity contribution in [3.63, 3.8) is 0 Å². The second kappa shape index (κ2) is 3.96. The maximum absolute atomic E-state index is 11.9. The van der Waals surface area contributed by atoms with Crippen molar-refractivity contribution in [2.75, 3.05) is 19.6 Å². The molecule has 0 spiro atoms. The maximum atomic E-state index is 11.9. The lowest BCUT2D eigenvalue weighted by atomic mass is 10.1. The predicted octanol–water partition coefficient (Wildman–Crippen LogP) is 2.41.